The molecular weight excluding hydrogens is 384 g/mol. The SMILES string of the molecule is CCOC(=O)N1C(=O)C(C)(CN)Oc2c(Cc3ccc(Cl)cc3)nc(C)nc21. The van der Waals surface area contributed by atoms with Crippen LogP contribution in [0.3, 0.4) is 0 Å². The number of ether oxygens (including phenoxy) is 2. The van der Waals surface area contributed by atoms with Gasteiger partial charge in [-0.3, -0.25) is 4.79 Å². The van der Waals surface area contributed by atoms with Gasteiger partial charge in [-0.15, -0.1) is 0 Å². The number of carbonyl (C=O) groups excluding carboxylic acids is 2. The number of carbonyl (C=O) groups is 2. The van der Waals surface area contributed by atoms with E-state index < -0.39 is 17.6 Å². The number of aryl methyl sites for hydroxylation is 1. The van der Waals surface area contributed by atoms with Gasteiger partial charge in [0.25, 0.3) is 5.91 Å². The Labute approximate surface area is 167 Å². The second-order valence-electron chi connectivity index (χ2n) is 6.55. The molecule has 0 aliphatic carbocycles. The lowest BCUT2D eigenvalue weighted by molar-refractivity contribution is -0.132. The molecule has 0 fully saturated rings. The number of amides is 2. The zero-order chi connectivity index (χ0) is 20.5. The summed E-state index contributed by atoms with van der Waals surface area (Å²) in [7, 11) is 0. The molecule has 1 unspecified atom stereocenters. The summed E-state index contributed by atoms with van der Waals surface area (Å²) in [6.45, 7) is 4.84. The fraction of sp³-hybridized carbons (Fsp3) is 0.368. The van der Waals surface area contributed by atoms with E-state index in [0.717, 1.165) is 10.5 Å². The molecule has 148 valence electrons. The average Bonchev–Trinajstić information content (AvgIpc) is 2.65. The van der Waals surface area contributed by atoms with E-state index in [1.165, 1.54) is 6.92 Å². The third-order valence-electron chi connectivity index (χ3n) is 4.35. The van der Waals surface area contributed by atoms with Crippen molar-refractivity contribution in [1.29, 1.82) is 0 Å². The third-order valence-corrected chi connectivity index (χ3v) is 4.60. The number of benzene rings is 1. The van der Waals surface area contributed by atoms with Crippen molar-refractivity contribution >= 4 is 29.4 Å². The van der Waals surface area contributed by atoms with Crippen LogP contribution in [0.4, 0.5) is 10.6 Å². The summed E-state index contributed by atoms with van der Waals surface area (Å²) < 4.78 is 11.0. The van der Waals surface area contributed by atoms with Crippen LogP contribution in [0, 0.1) is 6.92 Å². The topological polar surface area (TPSA) is 108 Å². The standard InChI is InChI=1S/C19H21ClN4O4/c1-4-27-18(26)24-16-15(28-19(3,10-21)17(24)25)14(22-11(2)23-16)9-12-5-7-13(20)8-6-12/h5-8H,4,9-10,21H2,1-3H3. The molecule has 3 rings (SSSR count). The van der Waals surface area contributed by atoms with E-state index in [0.29, 0.717) is 23.0 Å². The number of nitrogens with zero attached hydrogens (tertiary/aromatic N) is 3. The van der Waals surface area contributed by atoms with Crippen LogP contribution < -0.4 is 15.4 Å². The van der Waals surface area contributed by atoms with Gasteiger partial charge in [0, 0.05) is 18.0 Å². The summed E-state index contributed by atoms with van der Waals surface area (Å²) in [5.41, 5.74) is 5.82. The molecule has 0 radical (unpaired) electrons. The summed E-state index contributed by atoms with van der Waals surface area (Å²) in [6.07, 6.45) is -0.429. The molecule has 28 heavy (non-hydrogen) atoms. The van der Waals surface area contributed by atoms with Gasteiger partial charge in [-0.1, -0.05) is 23.7 Å². The van der Waals surface area contributed by atoms with Crippen molar-refractivity contribution < 1.29 is 19.1 Å². The van der Waals surface area contributed by atoms with Crippen molar-refractivity contribution in [2.24, 2.45) is 5.73 Å². The highest BCUT2D eigenvalue weighted by atomic mass is 35.5. The Morgan fingerprint density at radius 1 is 1.32 bits per heavy atom. The van der Waals surface area contributed by atoms with Gasteiger partial charge in [-0.05, 0) is 38.5 Å². The molecule has 1 aliphatic heterocycles. The molecule has 9 heteroatoms. The number of hydrogen-bond acceptors (Lipinski definition) is 7. The van der Waals surface area contributed by atoms with Gasteiger partial charge in [0.1, 0.15) is 5.82 Å². The van der Waals surface area contributed by atoms with Gasteiger partial charge in [0.05, 0.1) is 12.3 Å². The molecule has 1 aliphatic rings. The number of fused-ring (bicyclic) bond motifs is 1. The molecular formula is C19H21ClN4O4. The Hall–Kier alpha value is -2.71. The molecule has 1 aromatic carbocycles. The minimum Gasteiger partial charge on any atom is -0.470 e. The predicted octanol–water partition coefficient (Wildman–Crippen LogP) is 2.63. The van der Waals surface area contributed by atoms with Crippen LogP contribution in [0.25, 0.3) is 0 Å². The van der Waals surface area contributed by atoms with E-state index in [-0.39, 0.29) is 24.7 Å². The minimum atomic E-state index is -1.44. The Bertz CT molecular complexity index is 919. The van der Waals surface area contributed by atoms with E-state index in [1.807, 2.05) is 12.1 Å². The van der Waals surface area contributed by atoms with Crippen molar-refractivity contribution in [2.75, 3.05) is 18.1 Å². The van der Waals surface area contributed by atoms with Crippen LogP contribution in [0.5, 0.6) is 5.75 Å². The molecule has 1 aromatic heterocycles. The second kappa shape index (κ2) is 7.73. The fourth-order valence-corrected chi connectivity index (χ4v) is 2.99. The van der Waals surface area contributed by atoms with Crippen molar-refractivity contribution in [2.45, 2.75) is 32.8 Å². The van der Waals surface area contributed by atoms with E-state index in [1.54, 1.807) is 26.0 Å². The molecule has 1 atom stereocenters. The fourth-order valence-electron chi connectivity index (χ4n) is 2.86. The highest BCUT2D eigenvalue weighted by Gasteiger charge is 2.49. The summed E-state index contributed by atoms with van der Waals surface area (Å²) in [5.74, 6) is 0.0632. The largest absolute Gasteiger partial charge is 0.470 e. The van der Waals surface area contributed by atoms with Crippen LogP contribution in [-0.2, 0) is 16.0 Å². The quantitative estimate of drug-likeness (QED) is 0.834. The highest BCUT2D eigenvalue weighted by molar-refractivity contribution is 6.30. The lowest BCUT2D eigenvalue weighted by Crippen LogP contribution is -2.60. The van der Waals surface area contributed by atoms with E-state index in [2.05, 4.69) is 9.97 Å². The summed E-state index contributed by atoms with van der Waals surface area (Å²) in [4.78, 5) is 35.0. The van der Waals surface area contributed by atoms with Gasteiger partial charge in [-0.2, -0.15) is 4.90 Å². The number of nitrogens with two attached hydrogens (primary N) is 1. The molecule has 0 bridgehead atoms. The number of aromatic nitrogens is 2. The normalized spacial score (nSPS) is 18.5. The first-order chi connectivity index (χ1) is 13.3. The van der Waals surface area contributed by atoms with E-state index >= 15 is 0 Å². The summed E-state index contributed by atoms with van der Waals surface area (Å²) >= 11 is 5.95. The van der Waals surface area contributed by atoms with Crippen LogP contribution in [0.15, 0.2) is 24.3 Å². The van der Waals surface area contributed by atoms with Crippen molar-refractivity contribution in [3.8, 4) is 5.75 Å². The molecule has 0 saturated heterocycles. The summed E-state index contributed by atoms with van der Waals surface area (Å²) in [6, 6.07) is 7.28. The van der Waals surface area contributed by atoms with Crippen molar-refractivity contribution in [3.05, 3.63) is 46.4 Å². The maximum atomic E-state index is 12.9. The van der Waals surface area contributed by atoms with Crippen LogP contribution in [-0.4, -0.2) is 40.7 Å². The average molecular weight is 405 g/mol. The van der Waals surface area contributed by atoms with Gasteiger partial charge < -0.3 is 15.2 Å². The Kier molecular flexibility index (Phi) is 5.53. The van der Waals surface area contributed by atoms with Crippen molar-refractivity contribution in [1.82, 2.24) is 9.97 Å². The van der Waals surface area contributed by atoms with Crippen LogP contribution >= 0.6 is 11.6 Å². The Morgan fingerprint density at radius 2 is 2.00 bits per heavy atom. The van der Waals surface area contributed by atoms with Crippen molar-refractivity contribution in [3.63, 3.8) is 0 Å². The molecule has 2 N–H and O–H groups in total. The number of anilines is 1. The number of hydrogen-bond donors (Lipinski definition) is 1. The molecule has 8 nitrogen and oxygen atoms in total. The number of halogens is 1. The first kappa shape index (κ1) is 20.0. The smallest absolute Gasteiger partial charge is 0.422 e. The van der Waals surface area contributed by atoms with Gasteiger partial charge >= 0.3 is 6.09 Å². The van der Waals surface area contributed by atoms with Crippen LogP contribution in [0.1, 0.15) is 30.9 Å². The predicted molar refractivity (Wildman–Crippen MR) is 104 cm³/mol. The zero-order valence-corrected chi connectivity index (χ0v) is 16.6. The molecule has 2 heterocycles. The first-order valence-electron chi connectivity index (χ1n) is 8.81. The number of rotatable bonds is 4. The molecule has 2 amide bonds. The highest BCUT2D eigenvalue weighted by Crippen LogP contribution is 2.39. The zero-order valence-electron chi connectivity index (χ0n) is 15.9. The maximum absolute atomic E-state index is 12.9. The van der Waals surface area contributed by atoms with Crippen LogP contribution in [0.2, 0.25) is 5.02 Å². The Morgan fingerprint density at radius 3 is 2.61 bits per heavy atom. The van der Waals surface area contributed by atoms with Gasteiger partial charge in [-0.25, -0.2) is 14.8 Å². The summed E-state index contributed by atoms with van der Waals surface area (Å²) in [5, 5.41) is 0.621. The Balaban J connectivity index is 2.13. The lowest BCUT2D eigenvalue weighted by atomic mass is 10.0. The molecule has 2 aromatic rings. The third kappa shape index (κ3) is 3.65. The lowest BCUT2D eigenvalue weighted by Gasteiger charge is -2.38. The van der Waals surface area contributed by atoms with Gasteiger partial charge in [0.2, 0.25) is 0 Å². The number of imide groups is 1. The van der Waals surface area contributed by atoms with E-state index in [4.69, 9.17) is 26.8 Å². The molecule has 0 saturated carbocycles. The maximum Gasteiger partial charge on any atom is 0.422 e. The van der Waals surface area contributed by atoms with Gasteiger partial charge in [0.15, 0.2) is 17.2 Å². The monoisotopic (exact) mass is 404 g/mol. The molecule has 0 spiro atoms. The minimum absolute atomic E-state index is 0.0610. The second-order valence-corrected chi connectivity index (χ2v) is 6.99. The van der Waals surface area contributed by atoms with E-state index in [9.17, 15) is 9.59 Å². The first-order valence-corrected chi connectivity index (χ1v) is 9.19.